The lowest BCUT2D eigenvalue weighted by molar-refractivity contribution is -0.164. The van der Waals surface area contributed by atoms with Crippen LogP contribution in [0.1, 0.15) is 23.0 Å². The standard InChI is InChI=1S/C17H18ClFN2O5/c1-17(2)25-13-11(20-15(22)14(13)26-17)16(23)21-6-3-7-24-12-9(21)5-4-8(19)10(12)18/h4-5,11,13-14H,3,6-7H2,1-2H3,(H,20,22)/t11-,13-,14-/m0/s1/i7D2. The molecule has 2 fully saturated rings. The van der Waals surface area contributed by atoms with Crippen LogP contribution in [0.2, 0.25) is 5.02 Å². The Balaban J connectivity index is 1.71. The quantitative estimate of drug-likeness (QED) is 0.793. The van der Waals surface area contributed by atoms with E-state index in [0.29, 0.717) is 0 Å². The molecule has 1 aromatic carbocycles. The van der Waals surface area contributed by atoms with Gasteiger partial charge in [-0.1, -0.05) is 11.6 Å². The second-order valence-corrected chi connectivity index (χ2v) is 7.08. The number of amides is 2. The summed E-state index contributed by atoms with van der Waals surface area (Å²) in [6.45, 7) is 1.07. The van der Waals surface area contributed by atoms with Gasteiger partial charge < -0.3 is 24.4 Å². The number of ether oxygens (including phenoxy) is 3. The number of carbonyl (C=O) groups is 2. The lowest BCUT2D eigenvalue weighted by atomic mass is 10.1. The highest BCUT2D eigenvalue weighted by Gasteiger charge is 2.57. The second kappa shape index (κ2) is 6.07. The minimum absolute atomic E-state index is 0.0607. The zero-order valence-electron chi connectivity index (χ0n) is 16.0. The molecule has 3 atom stereocenters. The molecule has 0 aromatic heterocycles. The van der Waals surface area contributed by atoms with Crippen LogP contribution < -0.4 is 15.0 Å². The molecule has 0 saturated carbocycles. The molecule has 0 radical (unpaired) electrons. The molecule has 0 bridgehead atoms. The topological polar surface area (TPSA) is 77.1 Å². The smallest absolute Gasteiger partial charge is 0.252 e. The van der Waals surface area contributed by atoms with Crippen molar-refractivity contribution in [2.24, 2.45) is 0 Å². The monoisotopic (exact) mass is 386 g/mol. The first-order valence-corrected chi connectivity index (χ1v) is 8.51. The molecule has 0 aliphatic carbocycles. The molecule has 4 rings (SSSR count). The Morgan fingerprint density at radius 1 is 1.46 bits per heavy atom. The summed E-state index contributed by atoms with van der Waals surface area (Å²) < 4.78 is 46.3. The fraction of sp³-hybridized carbons (Fsp3) is 0.529. The maximum Gasteiger partial charge on any atom is 0.252 e. The highest BCUT2D eigenvalue weighted by atomic mass is 35.5. The molecule has 26 heavy (non-hydrogen) atoms. The SMILES string of the molecule is [2H]C1([2H])CCN(C(=O)[C@H]2NC(=O)[C@H]3OC(C)(C)O[C@@H]23)c2ccc(F)c(Cl)c2O1. The number of benzene rings is 1. The van der Waals surface area contributed by atoms with Crippen molar-refractivity contribution in [2.45, 2.75) is 44.3 Å². The number of nitrogens with one attached hydrogen (secondary N) is 1. The maximum atomic E-state index is 13.9. The molecule has 0 spiro atoms. The molecule has 3 aliphatic rings. The van der Waals surface area contributed by atoms with Crippen LogP contribution in [0.4, 0.5) is 10.1 Å². The Morgan fingerprint density at radius 2 is 2.23 bits per heavy atom. The van der Waals surface area contributed by atoms with Crippen molar-refractivity contribution in [1.82, 2.24) is 5.32 Å². The van der Waals surface area contributed by atoms with E-state index in [9.17, 15) is 14.0 Å². The van der Waals surface area contributed by atoms with Crippen LogP contribution >= 0.6 is 11.6 Å². The Kier molecular flexibility index (Phi) is 3.55. The summed E-state index contributed by atoms with van der Waals surface area (Å²) in [4.78, 5) is 26.7. The summed E-state index contributed by atoms with van der Waals surface area (Å²) in [5, 5.41) is 2.15. The number of hydrogen-bond donors (Lipinski definition) is 1. The normalized spacial score (nSPS) is 32.5. The Morgan fingerprint density at radius 3 is 3.00 bits per heavy atom. The van der Waals surface area contributed by atoms with Crippen molar-refractivity contribution in [2.75, 3.05) is 18.0 Å². The number of rotatable bonds is 1. The van der Waals surface area contributed by atoms with Gasteiger partial charge in [-0.15, -0.1) is 0 Å². The molecule has 1 N–H and O–H groups in total. The van der Waals surface area contributed by atoms with Crippen molar-refractivity contribution in [1.29, 1.82) is 0 Å². The zero-order chi connectivity index (χ0) is 20.4. The molecule has 7 nitrogen and oxygen atoms in total. The van der Waals surface area contributed by atoms with Gasteiger partial charge in [0.05, 0.1) is 15.0 Å². The number of carbonyl (C=O) groups excluding carboxylic acids is 2. The van der Waals surface area contributed by atoms with Crippen LogP contribution in [0.25, 0.3) is 0 Å². The zero-order valence-corrected chi connectivity index (χ0v) is 14.8. The van der Waals surface area contributed by atoms with Gasteiger partial charge in [0.25, 0.3) is 11.8 Å². The molecular weight excluding hydrogens is 367 g/mol. The average Bonchev–Trinajstić information content (AvgIpc) is 3.01. The van der Waals surface area contributed by atoms with Gasteiger partial charge in [0.2, 0.25) is 0 Å². The number of nitrogens with zero attached hydrogens (tertiary/aromatic N) is 1. The third-order valence-corrected chi connectivity index (χ3v) is 4.83. The van der Waals surface area contributed by atoms with Crippen molar-refractivity contribution in [3.63, 3.8) is 0 Å². The van der Waals surface area contributed by atoms with E-state index in [1.165, 1.54) is 11.0 Å². The Hall–Kier alpha value is -1.90. The summed E-state index contributed by atoms with van der Waals surface area (Å²) in [6, 6.07) is 1.32. The number of anilines is 1. The maximum absolute atomic E-state index is 13.9. The van der Waals surface area contributed by atoms with Crippen LogP contribution in [0, 0.1) is 5.82 Å². The molecule has 140 valence electrons. The first kappa shape index (κ1) is 15.2. The molecule has 0 unspecified atom stereocenters. The minimum atomic E-state index is -2.16. The van der Waals surface area contributed by atoms with E-state index in [4.69, 9.17) is 28.6 Å². The van der Waals surface area contributed by atoms with Crippen molar-refractivity contribution >= 4 is 29.1 Å². The van der Waals surface area contributed by atoms with Crippen LogP contribution in [0.15, 0.2) is 12.1 Å². The molecule has 3 heterocycles. The summed E-state index contributed by atoms with van der Waals surface area (Å²) in [7, 11) is 0. The summed E-state index contributed by atoms with van der Waals surface area (Å²) >= 11 is 5.97. The molecule has 9 heteroatoms. The van der Waals surface area contributed by atoms with Crippen molar-refractivity contribution in [3.8, 4) is 5.75 Å². The minimum Gasteiger partial charge on any atom is -0.490 e. The van der Waals surface area contributed by atoms with E-state index < -0.39 is 53.3 Å². The summed E-state index contributed by atoms with van der Waals surface area (Å²) in [6.07, 6.45) is -1.94. The molecule has 2 amide bonds. The first-order chi connectivity index (χ1) is 13.0. The van der Waals surface area contributed by atoms with Crippen LogP contribution in [-0.4, -0.2) is 49.0 Å². The highest BCUT2D eigenvalue weighted by Crippen LogP contribution is 2.40. The lowest BCUT2D eigenvalue weighted by Crippen LogP contribution is -2.50. The molecule has 3 aliphatic heterocycles. The fourth-order valence-electron chi connectivity index (χ4n) is 3.38. The predicted molar refractivity (Wildman–Crippen MR) is 89.6 cm³/mol. The first-order valence-electron chi connectivity index (χ1n) is 9.13. The van der Waals surface area contributed by atoms with E-state index in [1.54, 1.807) is 13.8 Å². The van der Waals surface area contributed by atoms with Gasteiger partial charge >= 0.3 is 0 Å². The van der Waals surface area contributed by atoms with E-state index in [1.807, 2.05) is 0 Å². The second-order valence-electron chi connectivity index (χ2n) is 6.70. The van der Waals surface area contributed by atoms with Crippen LogP contribution in [0.3, 0.4) is 0 Å². The predicted octanol–water partition coefficient (Wildman–Crippen LogP) is 1.61. The summed E-state index contributed by atoms with van der Waals surface area (Å²) in [5.74, 6) is -3.09. The third kappa shape index (κ3) is 2.72. The lowest BCUT2D eigenvalue weighted by Gasteiger charge is -2.28. The van der Waals surface area contributed by atoms with Crippen molar-refractivity contribution < 1.29 is 30.9 Å². The van der Waals surface area contributed by atoms with Crippen LogP contribution in [0.5, 0.6) is 5.75 Å². The molecule has 1 aromatic rings. The van der Waals surface area contributed by atoms with E-state index in [-0.39, 0.29) is 24.4 Å². The highest BCUT2D eigenvalue weighted by molar-refractivity contribution is 6.32. The van der Waals surface area contributed by atoms with Gasteiger partial charge in [0.1, 0.15) is 23.0 Å². The van der Waals surface area contributed by atoms with E-state index in [0.717, 1.165) is 6.07 Å². The number of halogens is 2. The van der Waals surface area contributed by atoms with Gasteiger partial charge in [-0.05, 0) is 32.4 Å². The number of hydrogen-bond acceptors (Lipinski definition) is 5. The van der Waals surface area contributed by atoms with Gasteiger partial charge in [0.15, 0.2) is 17.6 Å². The van der Waals surface area contributed by atoms with Gasteiger partial charge in [0, 0.05) is 6.54 Å². The molecule has 2 saturated heterocycles. The van der Waals surface area contributed by atoms with Gasteiger partial charge in [-0.2, -0.15) is 0 Å². The van der Waals surface area contributed by atoms with Gasteiger partial charge in [-0.3, -0.25) is 9.59 Å². The molecular formula is C17H18ClFN2O5. The number of fused-ring (bicyclic) bond motifs is 2. The average molecular weight is 387 g/mol. The Labute approximate surface area is 157 Å². The van der Waals surface area contributed by atoms with Crippen molar-refractivity contribution in [3.05, 3.63) is 23.0 Å². The van der Waals surface area contributed by atoms with E-state index >= 15 is 0 Å². The third-order valence-electron chi connectivity index (χ3n) is 4.48. The van der Waals surface area contributed by atoms with Crippen LogP contribution in [-0.2, 0) is 19.1 Å². The summed E-state index contributed by atoms with van der Waals surface area (Å²) in [5.41, 5.74) is 0.119. The largest absolute Gasteiger partial charge is 0.490 e. The fourth-order valence-corrected chi connectivity index (χ4v) is 3.58. The Bertz CT molecular complexity index is 868. The van der Waals surface area contributed by atoms with E-state index in [2.05, 4.69) is 5.32 Å². The van der Waals surface area contributed by atoms with Gasteiger partial charge in [-0.25, -0.2) is 4.39 Å².